The highest BCUT2D eigenvalue weighted by molar-refractivity contribution is 7.03. The Hall–Kier alpha value is -2.66. The minimum atomic E-state index is -0.358. The molecule has 0 atom stereocenters. The molecule has 3 heterocycles. The van der Waals surface area contributed by atoms with Gasteiger partial charge in [-0.1, -0.05) is 0 Å². The van der Waals surface area contributed by atoms with Crippen molar-refractivity contribution < 1.29 is 9.53 Å². The van der Waals surface area contributed by atoms with Gasteiger partial charge in [0.25, 0.3) is 0 Å². The first kappa shape index (κ1) is 15.2. The number of nitrogens with two attached hydrogens (primary N) is 1. The minimum Gasteiger partial charge on any atom is -0.450 e. The van der Waals surface area contributed by atoms with E-state index in [1.807, 2.05) is 5.38 Å². The molecule has 1 amide bonds. The summed E-state index contributed by atoms with van der Waals surface area (Å²) in [7, 11) is 0. The zero-order valence-corrected chi connectivity index (χ0v) is 13.4. The van der Waals surface area contributed by atoms with Crippen LogP contribution in [0, 0.1) is 11.3 Å². The van der Waals surface area contributed by atoms with Crippen LogP contribution in [0.25, 0.3) is 11.1 Å². The highest BCUT2D eigenvalue weighted by Gasteiger charge is 2.28. The summed E-state index contributed by atoms with van der Waals surface area (Å²) in [5.74, 6) is 0.219. The number of hydrogen-bond acceptors (Lipinski definition) is 7. The zero-order valence-electron chi connectivity index (χ0n) is 12.6. The first-order valence-electron chi connectivity index (χ1n) is 7.18. The van der Waals surface area contributed by atoms with Crippen molar-refractivity contribution in [3.8, 4) is 17.2 Å². The average molecular weight is 329 g/mol. The van der Waals surface area contributed by atoms with E-state index in [4.69, 9.17) is 10.5 Å². The lowest BCUT2D eigenvalue weighted by molar-refractivity contribution is 0.102. The molecule has 2 aromatic rings. The lowest BCUT2D eigenvalue weighted by Crippen LogP contribution is -2.37. The third-order valence-electron chi connectivity index (χ3n) is 3.74. The molecule has 0 saturated carbocycles. The van der Waals surface area contributed by atoms with Crippen molar-refractivity contribution in [1.82, 2.24) is 14.3 Å². The molecule has 23 heavy (non-hydrogen) atoms. The van der Waals surface area contributed by atoms with Crippen LogP contribution in [0.5, 0.6) is 0 Å². The number of nitriles is 1. The Kier molecular flexibility index (Phi) is 4.12. The number of nitrogens with zero attached hydrogens (tertiary/aromatic N) is 4. The van der Waals surface area contributed by atoms with Gasteiger partial charge in [0.1, 0.15) is 17.5 Å². The predicted molar refractivity (Wildman–Crippen MR) is 85.6 cm³/mol. The summed E-state index contributed by atoms with van der Waals surface area (Å²) in [4.78, 5) is 18.0. The van der Waals surface area contributed by atoms with Gasteiger partial charge in [0, 0.05) is 41.2 Å². The molecular weight excluding hydrogens is 314 g/mol. The van der Waals surface area contributed by atoms with Gasteiger partial charge in [0.15, 0.2) is 0 Å². The summed E-state index contributed by atoms with van der Waals surface area (Å²) in [5, 5.41) is 11.3. The Morgan fingerprint density at radius 1 is 1.61 bits per heavy atom. The molecule has 8 heteroatoms. The maximum atomic E-state index is 12.0. The number of carbonyl (C=O) groups excluding carboxylic acids is 1. The molecule has 2 aromatic heterocycles. The molecule has 1 aliphatic rings. The Bertz CT molecular complexity index is 782. The van der Waals surface area contributed by atoms with Crippen molar-refractivity contribution in [2.24, 2.45) is 0 Å². The van der Waals surface area contributed by atoms with Crippen LogP contribution in [-0.2, 0) is 17.7 Å². The fraction of sp³-hybridized carbons (Fsp3) is 0.333. The van der Waals surface area contributed by atoms with E-state index in [9.17, 15) is 10.1 Å². The Morgan fingerprint density at radius 2 is 2.43 bits per heavy atom. The number of aromatic nitrogens is 2. The van der Waals surface area contributed by atoms with E-state index in [-0.39, 0.29) is 11.9 Å². The summed E-state index contributed by atoms with van der Waals surface area (Å²) >= 11 is 1.30. The number of carbonyl (C=O) groups is 1. The number of ether oxygens (including phenoxy) is 1. The van der Waals surface area contributed by atoms with E-state index < -0.39 is 0 Å². The van der Waals surface area contributed by atoms with Crippen LogP contribution in [0.4, 0.5) is 10.6 Å². The van der Waals surface area contributed by atoms with E-state index in [1.165, 1.54) is 11.5 Å². The molecule has 0 radical (unpaired) electrons. The molecule has 0 aromatic carbocycles. The summed E-state index contributed by atoms with van der Waals surface area (Å²) in [5.41, 5.74) is 9.48. The number of hydrogen-bond donors (Lipinski definition) is 1. The molecule has 0 spiro atoms. The van der Waals surface area contributed by atoms with E-state index in [2.05, 4.69) is 15.4 Å². The molecule has 0 bridgehead atoms. The normalized spacial score (nSPS) is 13.3. The van der Waals surface area contributed by atoms with Gasteiger partial charge in [-0.15, -0.1) is 0 Å². The van der Waals surface area contributed by atoms with Crippen LogP contribution in [0.3, 0.4) is 0 Å². The van der Waals surface area contributed by atoms with E-state index in [0.717, 1.165) is 22.4 Å². The minimum absolute atomic E-state index is 0.219. The van der Waals surface area contributed by atoms with E-state index in [0.29, 0.717) is 31.7 Å². The maximum absolute atomic E-state index is 12.0. The lowest BCUT2D eigenvalue weighted by Gasteiger charge is -2.29. The molecule has 1 aliphatic heterocycles. The Balaban J connectivity index is 2.11. The van der Waals surface area contributed by atoms with Gasteiger partial charge in [-0.25, -0.2) is 14.2 Å². The summed E-state index contributed by atoms with van der Waals surface area (Å²) in [6, 6.07) is 2.13. The molecule has 118 valence electrons. The fourth-order valence-electron chi connectivity index (χ4n) is 2.71. The van der Waals surface area contributed by atoms with Gasteiger partial charge in [0.05, 0.1) is 18.8 Å². The van der Waals surface area contributed by atoms with Gasteiger partial charge in [-0.2, -0.15) is 5.26 Å². The topological polar surface area (TPSA) is 105 Å². The van der Waals surface area contributed by atoms with Gasteiger partial charge < -0.3 is 15.4 Å². The number of amides is 1. The molecule has 0 saturated heterocycles. The molecule has 2 N–H and O–H groups in total. The second kappa shape index (κ2) is 6.22. The molecule has 7 nitrogen and oxygen atoms in total. The van der Waals surface area contributed by atoms with Crippen LogP contribution >= 0.6 is 11.5 Å². The summed E-state index contributed by atoms with van der Waals surface area (Å²) in [6.45, 7) is 2.97. The second-order valence-corrected chi connectivity index (χ2v) is 5.73. The highest BCUT2D eigenvalue weighted by atomic mass is 32.1. The van der Waals surface area contributed by atoms with Crippen molar-refractivity contribution in [1.29, 1.82) is 5.26 Å². The Labute approximate surface area is 137 Å². The second-order valence-electron chi connectivity index (χ2n) is 5.07. The first-order chi connectivity index (χ1) is 11.2. The lowest BCUT2D eigenvalue weighted by atomic mass is 9.93. The summed E-state index contributed by atoms with van der Waals surface area (Å²) in [6.07, 6.45) is 1.92. The van der Waals surface area contributed by atoms with E-state index in [1.54, 1.807) is 18.0 Å². The van der Waals surface area contributed by atoms with Crippen LogP contribution in [0.2, 0.25) is 0 Å². The Morgan fingerprint density at radius 3 is 3.09 bits per heavy atom. The van der Waals surface area contributed by atoms with Crippen LogP contribution in [-0.4, -0.2) is 33.5 Å². The van der Waals surface area contributed by atoms with Crippen LogP contribution in [0.15, 0.2) is 11.6 Å². The van der Waals surface area contributed by atoms with Crippen LogP contribution < -0.4 is 5.73 Å². The molecular formula is C15H15N5O2S. The monoisotopic (exact) mass is 329 g/mol. The maximum Gasteiger partial charge on any atom is 0.410 e. The fourth-order valence-corrected chi connectivity index (χ4v) is 3.24. The van der Waals surface area contributed by atoms with Crippen molar-refractivity contribution in [3.05, 3.63) is 28.4 Å². The predicted octanol–water partition coefficient (Wildman–Crippen LogP) is 2.17. The standard InChI is InChI=1S/C15H15N5O2S/c1-2-22-15(21)20-4-3-12-11(7-20)13(9-6-18-23-8-9)10(5-16)14(17)19-12/h6,8H,2-4,7H2,1H3,(H2,17,19). The number of fused-ring (bicyclic) bond motifs is 1. The molecule has 0 unspecified atom stereocenters. The third kappa shape index (κ3) is 2.71. The van der Waals surface area contributed by atoms with Crippen LogP contribution in [0.1, 0.15) is 23.7 Å². The number of nitrogen functional groups attached to an aromatic ring is 1. The van der Waals surface area contributed by atoms with Crippen molar-refractivity contribution in [2.75, 3.05) is 18.9 Å². The van der Waals surface area contributed by atoms with Crippen molar-refractivity contribution in [3.63, 3.8) is 0 Å². The SMILES string of the molecule is CCOC(=O)N1CCc2nc(N)c(C#N)c(-c3cnsc3)c2C1. The van der Waals surface area contributed by atoms with Crippen molar-refractivity contribution >= 4 is 23.4 Å². The zero-order chi connectivity index (χ0) is 16.4. The van der Waals surface area contributed by atoms with Gasteiger partial charge in [0.2, 0.25) is 0 Å². The smallest absolute Gasteiger partial charge is 0.410 e. The van der Waals surface area contributed by atoms with Gasteiger partial charge in [-0.3, -0.25) is 0 Å². The van der Waals surface area contributed by atoms with E-state index >= 15 is 0 Å². The van der Waals surface area contributed by atoms with Gasteiger partial charge in [-0.05, 0) is 18.5 Å². The number of anilines is 1. The largest absolute Gasteiger partial charge is 0.450 e. The quantitative estimate of drug-likeness (QED) is 0.905. The van der Waals surface area contributed by atoms with Gasteiger partial charge >= 0.3 is 6.09 Å². The number of pyridine rings is 1. The molecule has 3 rings (SSSR count). The molecule has 0 fully saturated rings. The third-order valence-corrected chi connectivity index (χ3v) is 4.32. The summed E-state index contributed by atoms with van der Waals surface area (Å²) < 4.78 is 9.18. The molecule has 0 aliphatic carbocycles. The van der Waals surface area contributed by atoms with Crippen molar-refractivity contribution in [2.45, 2.75) is 19.9 Å². The highest BCUT2D eigenvalue weighted by Crippen LogP contribution is 2.35. The number of rotatable bonds is 2. The average Bonchev–Trinajstić information content (AvgIpc) is 3.07. The first-order valence-corrected chi connectivity index (χ1v) is 8.02.